The lowest BCUT2D eigenvalue weighted by molar-refractivity contribution is -0.147. The lowest BCUT2D eigenvalue weighted by Gasteiger charge is -2.27. The summed E-state index contributed by atoms with van der Waals surface area (Å²) < 4.78 is 11.2. The number of amides is 2. The van der Waals surface area contributed by atoms with Gasteiger partial charge in [0.05, 0.1) is 22.9 Å². The number of carbonyl (C=O) groups is 5. The molecule has 1 heterocycles. The number of ether oxygens (including phenoxy) is 2. The number of nitrogens with one attached hydrogen (secondary N) is 1. The minimum Gasteiger partial charge on any atom is -0.462 e. The van der Waals surface area contributed by atoms with Crippen LogP contribution >= 0.6 is 11.6 Å². The molecular weight excluding hydrogens is 644 g/mol. The van der Waals surface area contributed by atoms with Crippen LogP contribution in [0.2, 0.25) is 5.02 Å². The van der Waals surface area contributed by atoms with Crippen molar-refractivity contribution in [3.63, 3.8) is 0 Å². The smallest absolute Gasteiger partial charge is 0.338 e. The van der Waals surface area contributed by atoms with E-state index in [1.54, 1.807) is 27.7 Å². The molecule has 3 atom stereocenters. The van der Waals surface area contributed by atoms with E-state index in [9.17, 15) is 24.0 Å². The lowest BCUT2D eigenvalue weighted by atomic mass is 9.75. The summed E-state index contributed by atoms with van der Waals surface area (Å²) in [7, 11) is 0. The predicted molar refractivity (Wildman–Crippen MR) is 191 cm³/mol. The monoisotopic (exact) mass is 696 g/mol. The normalized spacial score (nSPS) is 16.9. The predicted octanol–water partition coefficient (Wildman–Crippen LogP) is 8.18. The molecule has 1 N–H and O–H groups in total. The zero-order valence-corrected chi connectivity index (χ0v) is 30.5. The highest BCUT2D eigenvalue weighted by Gasteiger charge is 2.56. The molecule has 0 saturated carbocycles. The Balaban J connectivity index is 1.70. The third-order valence-electron chi connectivity index (χ3n) is 8.73. The van der Waals surface area contributed by atoms with Gasteiger partial charge in [0.2, 0.25) is 11.8 Å². The Labute approximate surface area is 296 Å². The van der Waals surface area contributed by atoms with Crippen molar-refractivity contribution in [2.24, 2.45) is 17.3 Å². The Morgan fingerprint density at radius 3 is 2.08 bits per heavy atom. The number of anilines is 1. The molecule has 2 aromatic carbocycles. The van der Waals surface area contributed by atoms with Gasteiger partial charge in [-0.15, -0.1) is 0 Å². The van der Waals surface area contributed by atoms with Crippen LogP contribution in [-0.2, 0) is 35.2 Å². The molecule has 10 heteroatoms. The first-order valence-corrected chi connectivity index (χ1v) is 18.1. The quantitative estimate of drug-likeness (QED) is 0.0842. The summed E-state index contributed by atoms with van der Waals surface area (Å²) in [6.45, 7) is 9.28. The summed E-state index contributed by atoms with van der Waals surface area (Å²) in [6, 6.07) is 13.4. The number of Topliss-reactive ketones (excluding diaryl/α,β-unsaturated/α-hetero) is 2. The van der Waals surface area contributed by atoms with E-state index >= 15 is 0 Å². The van der Waals surface area contributed by atoms with Crippen molar-refractivity contribution < 1.29 is 33.4 Å². The molecule has 2 aromatic rings. The van der Waals surface area contributed by atoms with Gasteiger partial charge in [-0.05, 0) is 37.1 Å². The number of hydrogen-bond donors (Lipinski definition) is 1. The minimum atomic E-state index is -1.66. The Hall–Kier alpha value is -3.56. The fourth-order valence-electron chi connectivity index (χ4n) is 5.99. The summed E-state index contributed by atoms with van der Waals surface area (Å²) in [5.74, 6) is -6.61. The Kier molecular flexibility index (Phi) is 15.9. The van der Waals surface area contributed by atoms with Gasteiger partial charge in [0, 0.05) is 18.6 Å². The molecule has 3 rings (SSSR count). The van der Waals surface area contributed by atoms with Gasteiger partial charge in [-0.2, -0.15) is 0 Å². The molecule has 3 unspecified atom stereocenters. The van der Waals surface area contributed by atoms with E-state index in [0.717, 1.165) is 24.8 Å². The number of rotatable bonds is 20. The largest absolute Gasteiger partial charge is 0.462 e. The first-order chi connectivity index (χ1) is 23.4. The zero-order valence-electron chi connectivity index (χ0n) is 29.7. The number of carbonyl (C=O) groups excluding carboxylic acids is 5. The van der Waals surface area contributed by atoms with Gasteiger partial charge in [-0.3, -0.25) is 19.2 Å². The standard InChI is InChI=1S/C39H53ClN2O7/c1-6-8-9-10-11-12-13-14-15-19-24-49-38(47)28-22-23-29(40)30(25-28)41-35(45)32(34(44)39(3,4)5)31-33(43)37(48-7-2)42(36(31)46)26-27-20-17-16-18-21-27/h16-18,20-23,25,31-32,37H,6-15,19,24,26H2,1-5H3,(H,41,45). The van der Waals surface area contributed by atoms with Crippen molar-refractivity contribution in [3.05, 3.63) is 64.7 Å². The first-order valence-electron chi connectivity index (χ1n) is 17.7. The summed E-state index contributed by atoms with van der Waals surface area (Å²) in [5, 5.41) is 2.75. The molecule has 0 spiro atoms. The number of hydrogen-bond acceptors (Lipinski definition) is 7. The number of benzene rings is 2. The van der Waals surface area contributed by atoms with E-state index in [2.05, 4.69) is 12.2 Å². The average Bonchev–Trinajstić information content (AvgIpc) is 3.28. The van der Waals surface area contributed by atoms with Crippen molar-refractivity contribution in [2.45, 2.75) is 112 Å². The van der Waals surface area contributed by atoms with E-state index in [1.165, 1.54) is 68.0 Å². The van der Waals surface area contributed by atoms with E-state index < -0.39 is 52.8 Å². The SMILES string of the molecule is CCCCCCCCCCCCOC(=O)c1ccc(Cl)c(NC(=O)C(C(=O)C(C)(C)C)C2C(=O)C(OCC)N(Cc3ccccc3)C2=O)c1. The van der Waals surface area contributed by atoms with E-state index in [0.29, 0.717) is 0 Å². The maximum atomic E-state index is 14.0. The molecule has 268 valence electrons. The number of ketones is 2. The lowest BCUT2D eigenvalue weighted by Crippen LogP contribution is -2.45. The van der Waals surface area contributed by atoms with Gasteiger partial charge in [-0.25, -0.2) is 4.79 Å². The van der Waals surface area contributed by atoms with Crippen molar-refractivity contribution >= 4 is 46.6 Å². The second-order valence-electron chi connectivity index (χ2n) is 13.7. The van der Waals surface area contributed by atoms with Crippen molar-refractivity contribution in [3.8, 4) is 0 Å². The second-order valence-corrected chi connectivity index (χ2v) is 14.1. The topological polar surface area (TPSA) is 119 Å². The van der Waals surface area contributed by atoms with Crippen molar-refractivity contribution in [1.82, 2.24) is 4.90 Å². The molecule has 0 aromatic heterocycles. The third-order valence-corrected chi connectivity index (χ3v) is 9.06. The Bertz CT molecular complexity index is 1420. The fourth-order valence-corrected chi connectivity index (χ4v) is 6.15. The van der Waals surface area contributed by atoms with E-state index in [1.807, 2.05) is 30.3 Å². The molecule has 1 aliphatic rings. The van der Waals surface area contributed by atoms with Crippen LogP contribution in [0.3, 0.4) is 0 Å². The highest BCUT2D eigenvalue weighted by molar-refractivity contribution is 6.34. The number of nitrogens with zero attached hydrogens (tertiary/aromatic N) is 1. The highest BCUT2D eigenvalue weighted by Crippen LogP contribution is 2.36. The number of esters is 1. The summed E-state index contributed by atoms with van der Waals surface area (Å²) in [6.07, 6.45) is 10.4. The molecule has 0 radical (unpaired) electrons. The molecular formula is C39H53ClN2O7. The fraction of sp³-hybridized carbons (Fsp3) is 0.564. The van der Waals surface area contributed by atoms with Gasteiger partial charge < -0.3 is 19.7 Å². The van der Waals surface area contributed by atoms with Crippen LogP contribution < -0.4 is 5.32 Å². The third kappa shape index (κ3) is 11.5. The molecule has 0 bridgehead atoms. The number of likely N-dealkylation sites (tertiary alicyclic amines) is 1. The van der Waals surface area contributed by atoms with Gasteiger partial charge in [0.15, 0.2) is 17.8 Å². The number of halogens is 1. The maximum Gasteiger partial charge on any atom is 0.338 e. The average molecular weight is 697 g/mol. The minimum absolute atomic E-state index is 0.0622. The molecule has 1 fully saturated rings. The molecule has 9 nitrogen and oxygen atoms in total. The summed E-state index contributed by atoms with van der Waals surface area (Å²) >= 11 is 6.42. The van der Waals surface area contributed by atoms with Crippen molar-refractivity contribution in [2.75, 3.05) is 18.5 Å². The highest BCUT2D eigenvalue weighted by atomic mass is 35.5. The van der Waals surface area contributed by atoms with Crippen LogP contribution in [0.1, 0.15) is 115 Å². The van der Waals surface area contributed by atoms with Gasteiger partial charge in [0.25, 0.3) is 0 Å². The Morgan fingerprint density at radius 1 is 0.878 bits per heavy atom. The number of unbranched alkanes of at least 4 members (excludes halogenated alkanes) is 9. The van der Waals surface area contributed by atoms with Crippen LogP contribution in [0.4, 0.5) is 5.69 Å². The van der Waals surface area contributed by atoms with Crippen LogP contribution in [0.15, 0.2) is 48.5 Å². The second kappa shape index (κ2) is 19.6. The van der Waals surface area contributed by atoms with Crippen LogP contribution in [0, 0.1) is 17.3 Å². The van der Waals surface area contributed by atoms with Crippen LogP contribution in [-0.4, -0.2) is 53.7 Å². The van der Waals surface area contributed by atoms with E-state index in [-0.39, 0.29) is 36.0 Å². The molecule has 49 heavy (non-hydrogen) atoms. The van der Waals surface area contributed by atoms with Gasteiger partial charge in [-0.1, -0.05) is 127 Å². The zero-order chi connectivity index (χ0) is 36.0. The Morgan fingerprint density at radius 2 is 1.49 bits per heavy atom. The van der Waals surface area contributed by atoms with Gasteiger partial charge >= 0.3 is 5.97 Å². The molecule has 1 saturated heterocycles. The maximum absolute atomic E-state index is 14.0. The molecule has 0 aliphatic carbocycles. The summed E-state index contributed by atoms with van der Waals surface area (Å²) in [5.41, 5.74) is -0.0717. The van der Waals surface area contributed by atoms with Crippen LogP contribution in [0.5, 0.6) is 0 Å². The molecule has 1 aliphatic heterocycles. The van der Waals surface area contributed by atoms with Crippen LogP contribution in [0.25, 0.3) is 0 Å². The van der Waals surface area contributed by atoms with Crippen molar-refractivity contribution in [1.29, 1.82) is 0 Å². The first kappa shape index (κ1) is 39.9. The molecule has 2 amide bonds. The summed E-state index contributed by atoms with van der Waals surface area (Å²) in [4.78, 5) is 69.6. The van der Waals surface area contributed by atoms with E-state index in [4.69, 9.17) is 21.1 Å². The van der Waals surface area contributed by atoms with Gasteiger partial charge in [0.1, 0.15) is 11.8 Å².